The smallest absolute Gasteiger partial charge is 0.325 e. The predicted molar refractivity (Wildman–Crippen MR) is 59.4 cm³/mol. The van der Waals surface area contributed by atoms with E-state index < -0.39 is 23.6 Å². The molecule has 0 spiro atoms. The Morgan fingerprint density at radius 3 is 2.53 bits per heavy atom. The summed E-state index contributed by atoms with van der Waals surface area (Å²) in [7, 11) is 0. The summed E-state index contributed by atoms with van der Waals surface area (Å²) in [6.45, 7) is 5.16. The summed E-state index contributed by atoms with van der Waals surface area (Å²) >= 11 is 0. The van der Waals surface area contributed by atoms with Crippen molar-refractivity contribution in [2.75, 3.05) is 13.1 Å². The molecule has 1 rings (SSSR count). The molecule has 3 N–H and O–H groups in total. The molecule has 1 aliphatic rings. The van der Waals surface area contributed by atoms with E-state index in [0.29, 0.717) is 0 Å². The fraction of sp³-hybridized carbons (Fsp3) is 0.700. The van der Waals surface area contributed by atoms with Crippen molar-refractivity contribution < 1.29 is 19.5 Å². The number of carboxylic acids is 1. The van der Waals surface area contributed by atoms with E-state index in [0.717, 1.165) is 4.90 Å². The van der Waals surface area contributed by atoms with Gasteiger partial charge in [0.2, 0.25) is 0 Å². The van der Waals surface area contributed by atoms with Gasteiger partial charge in [0, 0.05) is 13.1 Å². The number of carbonyl (C=O) groups is 3. The number of urea groups is 1. The minimum absolute atomic E-state index is 0.158. The molecule has 0 aromatic rings. The molecule has 96 valence electrons. The Balaban J connectivity index is 2.46. The molecule has 0 bridgehead atoms. The van der Waals surface area contributed by atoms with Crippen LogP contribution in [-0.2, 0) is 9.59 Å². The first kappa shape index (κ1) is 13.4. The molecule has 0 aromatic heterocycles. The molecule has 1 heterocycles. The van der Waals surface area contributed by atoms with E-state index in [1.807, 2.05) is 0 Å². The molecule has 7 heteroatoms. The van der Waals surface area contributed by atoms with Crippen LogP contribution in [0.1, 0.15) is 20.8 Å². The van der Waals surface area contributed by atoms with Gasteiger partial charge in [-0.3, -0.25) is 14.5 Å². The molecule has 3 amide bonds. The van der Waals surface area contributed by atoms with E-state index >= 15 is 0 Å². The van der Waals surface area contributed by atoms with E-state index in [4.69, 9.17) is 5.11 Å². The van der Waals surface area contributed by atoms with Crippen molar-refractivity contribution in [2.45, 2.75) is 32.4 Å². The van der Waals surface area contributed by atoms with Crippen molar-refractivity contribution >= 4 is 17.9 Å². The van der Waals surface area contributed by atoms with Gasteiger partial charge in [-0.25, -0.2) is 4.79 Å². The van der Waals surface area contributed by atoms with E-state index in [9.17, 15) is 14.4 Å². The van der Waals surface area contributed by atoms with Gasteiger partial charge in [0.15, 0.2) is 0 Å². The quantitative estimate of drug-likeness (QED) is 0.559. The number of rotatable bonds is 5. The van der Waals surface area contributed by atoms with Gasteiger partial charge in [-0.2, -0.15) is 0 Å². The van der Waals surface area contributed by atoms with Crippen molar-refractivity contribution in [3.8, 4) is 0 Å². The zero-order chi connectivity index (χ0) is 13.2. The van der Waals surface area contributed by atoms with E-state index in [1.54, 1.807) is 13.8 Å². The Morgan fingerprint density at radius 1 is 1.53 bits per heavy atom. The number of carbonyl (C=O) groups excluding carboxylic acids is 2. The summed E-state index contributed by atoms with van der Waals surface area (Å²) in [4.78, 5) is 34.8. The van der Waals surface area contributed by atoms with E-state index in [1.165, 1.54) is 6.92 Å². The van der Waals surface area contributed by atoms with Crippen LogP contribution >= 0.6 is 0 Å². The molecule has 0 aliphatic carbocycles. The number of carboxylic acid groups (broad SMARTS) is 1. The fourth-order valence-corrected chi connectivity index (χ4v) is 1.50. The van der Waals surface area contributed by atoms with Crippen LogP contribution in [0.3, 0.4) is 0 Å². The van der Waals surface area contributed by atoms with Crippen LogP contribution in [0.5, 0.6) is 0 Å². The molecule has 1 unspecified atom stereocenters. The van der Waals surface area contributed by atoms with E-state index in [-0.39, 0.29) is 19.0 Å². The molecule has 0 saturated carbocycles. The van der Waals surface area contributed by atoms with Gasteiger partial charge in [0.25, 0.3) is 5.91 Å². The van der Waals surface area contributed by atoms with Crippen LogP contribution < -0.4 is 10.6 Å². The number of hydrogen-bond donors (Lipinski definition) is 3. The molecule has 1 atom stereocenters. The zero-order valence-electron chi connectivity index (χ0n) is 10.1. The molecule has 1 fully saturated rings. The summed E-state index contributed by atoms with van der Waals surface area (Å²) in [6, 6.07) is -1.14. The Hall–Kier alpha value is -1.63. The minimum Gasteiger partial charge on any atom is -0.480 e. The molecule has 0 radical (unpaired) electrons. The summed E-state index contributed by atoms with van der Waals surface area (Å²) in [6.07, 6.45) is 0. The second-order valence-corrected chi connectivity index (χ2v) is 4.53. The average Bonchev–Trinajstić information content (AvgIpc) is 2.39. The minimum atomic E-state index is -0.970. The van der Waals surface area contributed by atoms with Crippen LogP contribution in [-0.4, -0.2) is 52.6 Å². The largest absolute Gasteiger partial charge is 0.480 e. The Labute approximate surface area is 99.2 Å². The first-order valence-corrected chi connectivity index (χ1v) is 5.36. The third-order valence-corrected chi connectivity index (χ3v) is 2.60. The average molecular weight is 243 g/mol. The normalized spacial score (nSPS) is 20.3. The summed E-state index contributed by atoms with van der Waals surface area (Å²) in [5, 5.41) is 13.9. The SMILES string of the molecule is CC(NCCN1C(=O)NC(C)(C)C1=O)C(=O)O. The van der Waals surface area contributed by atoms with Crippen molar-refractivity contribution in [1.82, 2.24) is 15.5 Å². The van der Waals surface area contributed by atoms with Gasteiger partial charge in [-0.1, -0.05) is 0 Å². The first-order valence-electron chi connectivity index (χ1n) is 5.36. The number of imide groups is 1. The molecule has 17 heavy (non-hydrogen) atoms. The Morgan fingerprint density at radius 2 is 2.12 bits per heavy atom. The van der Waals surface area contributed by atoms with E-state index in [2.05, 4.69) is 10.6 Å². The summed E-state index contributed by atoms with van der Waals surface area (Å²) in [5.74, 6) is -1.27. The second kappa shape index (κ2) is 4.70. The topological polar surface area (TPSA) is 98.7 Å². The van der Waals surface area contributed by atoms with Gasteiger partial charge in [-0.05, 0) is 20.8 Å². The lowest BCUT2D eigenvalue weighted by Crippen LogP contribution is -2.43. The number of amides is 3. The predicted octanol–water partition coefficient (Wildman–Crippen LogP) is -0.620. The van der Waals surface area contributed by atoms with Crippen molar-refractivity contribution in [3.05, 3.63) is 0 Å². The van der Waals surface area contributed by atoms with Gasteiger partial charge in [-0.15, -0.1) is 0 Å². The highest BCUT2D eigenvalue weighted by Gasteiger charge is 2.43. The van der Waals surface area contributed by atoms with Crippen LogP contribution in [0.2, 0.25) is 0 Å². The fourth-order valence-electron chi connectivity index (χ4n) is 1.50. The summed E-state index contributed by atoms with van der Waals surface area (Å²) in [5.41, 5.74) is -0.879. The number of aliphatic carboxylic acids is 1. The van der Waals surface area contributed by atoms with Crippen molar-refractivity contribution in [2.24, 2.45) is 0 Å². The van der Waals surface area contributed by atoms with Crippen molar-refractivity contribution in [3.63, 3.8) is 0 Å². The monoisotopic (exact) mass is 243 g/mol. The third-order valence-electron chi connectivity index (χ3n) is 2.60. The standard InChI is InChI=1S/C10H17N3O4/c1-6(7(14)15)11-4-5-13-8(16)10(2,3)12-9(13)17/h6,11H,4-5H2,1-3H3,(H,12,17)(H,14,15). The third kappa shape index (κ3) is 2.94. The highest BCUT2D eigenvalue weighted by atomic mass is 16.4. The number of hydrogen-bond acceptors (Lipinski definition) is 4. The molecular formula is C10H17N3O4. The highest BCUT2D eigenvalue weighted by molar-refractivity contribution is 6.06. The maximum Gasteiger partial charge on any atom is 0.325 e. The van der Waals surface area contributed by atoms with Crippen LogP contribution in [0.15, 0.2) is 0 Å². The molecule has 1 aliphatic heterocycles. The maximum atomic E-state index is 11.7. The van der Waals surface area contributed by atoms with Gasteiger partial charge >= 0.3 is 12.0 Å². The van der Waals surface area contributed by atoms with Gasteiger partial charge < -0.3 is 15.7 Å². The highest BCUT2D eigenvalue weighted by Crippen LogP contribution is 2.15. The lowest BCUT2D eigenvalue weighted by molar-refractivity contribution is -0.138. The Bertz CT molecular complexity index is 353. The molecule has 7 nitrogen and oxygen atoms in total. The number of nitrogens with one attached hydrogen (secondary N) is 2. The van der Waals surface area contributed by atoms with Crippen LogP contribution in [0, 0.1) is 0 Å². The van der Waals surface area contributed by atoms with Crippen molar-refractivity contribution in [1.29, 1.82) is 0 Å². The maximum absolute atomic E-state index is 11.7. The lowest BCUT2D eigenvalue weighted by atomic mass is 10.1. The van der Waals surface area contributed by atoms with Crippen LogP contribution in [0.25, 0.3) is 0 Å². The molecular weight excluding hydrogens is 226 g/mol. The Kier molecular flexibility index (Phi) is 3.72. The lowest BCUT2D eigenvalue weighted by Gasteiger charge is -2.17. The van der Waals surface area contributed by atoms with Crippen LogP contribution in [0.4, 0.5) is 4.79 Å². The van der Waals surface area contributed by atoms with Gasteiger partial charge in [0.05, 0.1) is 0 Å². The molecule has 0 aromatic carbocycles. The number of nitrogens with zero attached hydrogens (tertiary/aromatic N) is 1. The van der Waals surface area contributed by atoms with Gasteiger partial charge in [0.1, 0.15) is 11.6 Å². The zero-order valence-corrected chi connectivity index (χ0v) is 10.1. The second-order valence-electron chi connectivity index (χ2n) is 4.53. The molecule has 1 saturated heterocycles. The summed E-state index contributed by atoms with van der Waals surface area (Å²) < 4.78 is 0. The first-order chi connectivity index (χ1) is 7.75.